The van der Waals surface area contributed by atoms with Crippen LogP contribution in [0.15, 0.2) is 0 Å². The topological polar surface area (TPSA) is 3.24 Å². The highest BCUT2D eigenvalue weighted by Crippen LogP contribution is 2.05. The Bertz CT molecular complexity index is 68.7. The van der Waals surface area contributed by atoms with Gasteiger partial charge in [-0.25, -0.2) is 0 Å². The number of nitrogens with zero attached hydrogens (tertiary/aromatic N) is 1. The Balaban J connectivity index is 2.08. The van der Waals surface area contributed by atoms with Crippen molar-refractivity contribution < 1.29 is 0 Å². The van der Waals surface area contributed by atoms with Crippen LogP contribution in [0.25, 0.3) is 0 Å². The van der Waals surface area contributed by atoms with Gasteiger partial charge in [-0.3, -0.25) is 0 Å². The second-order valence-electron chi connectivity index (χ2n) is 2.90. The van der Waals surface area contributed by atoms with Crippen LogP contribution in [0.1, 0.15) is 19.3 Å². The zero-order chi connectivity index (χ0) is 6.53. The molecule has 0 spiro atoms. The van der Waals surface area contributed by atoms with Crippen molar-refractivity contribution in [2.45, 2.75) is 25.8 Å². The Hall–Kier alpha value is 0.394. The lowest BCUT2D eigenvalue weighted by Gasteiger charge is -2.25. The molecule has 0 bridgehead atoms. The van der Waals surface area contributed by atoms with Crippen LogP contribution in [0.3, 0.4) is 0 Å². The molecule has 0 aliphatic carbocycles. The summed E-state index contributed by atoms with van der Waals surface area (Å²) >= 11 is 0. The molecule has 1 nitrogen and oxygen atoms in total. The summed E-state index contributed by atoms with van der Waals surface area (Å²) < 4.78 is 2.77. The van der Waals surface area contributed by atoms with Crippen LogP contribution >= 0.6 is 0 Å². The first-order chi connectivity index (χ1) is 4.43. The van der Waals surface area contributed by atoms with Crippen molar-refractivity contribution in [2.24, 2.45) is 0 Å². The molecule has 54 valence electrons. The van der Waals surface area contributed by atoms with Gasteiger partial charge in [-0.1, -0.05) is 13.0 Å². The number of piperidine rings is 1. The minimum absolute atomic E-state index is 0.348. The van der Waals surface area contributed by atoms with E-state index in [1.807, 2.05) is 0 Å². The third-order valence-electron chi connectivity index (χ3n) is 1.99. The van der Waals surface area contributed by atoms with Gasteiger partial charge in [0.1, 0.15) is 0 Å². The quantitative estimate of drug-likeness (QED) is 0.500. The summed E-state index contributed by atoms with van der Waals surface area (Å²) in [6.07, 6.45) is 4.47. The van der Waals surface area contributed by atoms with E-state index in [1.54, 1.807) is 0 Å². The third-order valence-corrected chi connectivity index (χ3v) is 6.94. The molecule has 0 radical (unpaired) electrons. The molecule has 9 heavy (non-hydrogen) atoms. The molecule has 1 heterocycles. The highest BCUT2D eigenvalue weighted by molar-refractivity contribution is 6.98. The lowest BCUT2D eigenvalue weighted by atomic mass is 10.2. The first-order valence-corrected chi connectivity index (χ1v) is 10.2. The molecule has 0 unspecified atom stereocenters. The van der Waals surface area contributed by atoms with E-state index in [1.165, 1.54) is 32.4 Å². The fourth-order valence-corrected chi connectivity index (χ4v) is 6.27. The van der Waals surface area contributed by atoms with Crippen LogP contribution in [0.4, 0.5) is 0 Å². The molecule has 1 fully saturated rings. The van der Waals surface area contributed by atoms with Gasteiger partial charge in [-0.15, -0.1) is 0 Å². The standard InChI is InChI=1S/C6H17NSi2/c1-8-9-7-5-3-2-4-6-7/h2-6,8-9H2,1H3. The minimum atomic E-state index is 0.348. The molecular formula is C6H17NSi2. The molecule has 0 aromatic rings. The van der Waals surface area contributed by atoms with E-state index in [2.05, 4.69) is 11.1 Å². The van der Waals surface area contributed by atoms with Crippen LogP contribution in [0.5, 0.6) is 0 Å². The van der Waals surface area contributed by atoms with Crippen molar-refractivity contribution in [1.29, 1.82) is 0 Å². The molecule has 3 heteroatoms. The number of rotatable bonds is 2. The maximum absolute atomic E-state index is 2.77. The van der Waals surface area contributed by atoms with E-state index in [0.717, 1.165) is 0 Å². The van der Waals surface area contributed by atoms with Crippen molar-refractivity contribution in [2.75, 3.05) is 13.1 Å². The van der Waals surface area contributed by atoms with E-state index < -0.39 is 0 Å². The van der Waals surface area contributed by atoms with Crippen LogP contribution in [-0.4, -0.2) is 35.9 Å². The molecule has 0 aromatic heterocycles. The minimum Gasteiger partial charge on any atom is -0.332 e. The summed E-state index contributed by atoms with van der Waals surface area (Å²) in [5.74, 6) is 0. The molecule has 1 aliphatic rings. The van der Waals surface area contributed by atoms with Gasteiger partial charge in [-0.05, 0) is 25.9 Å². The largest absolute Gasteiger partial charge is 0.332 e. The highest BCUT2D eigenvalue weighted by Gasteiger charge is 2.07. The Morgan fingerprint density at radius 2 is 1.78 bits per heavy atom. The van der Waals surface area contributed by atoms with Gasteiger partial charge in [0.15, 0.2) is 0 Å². The average Bonchev–Trinajstić information content (AvgIpc) is 1.91. The van der Waals surface area contributed by atoms with Crippen molar-refractivity contribution in [1.82, 2.24) is 4.57 Å². The highest BCUT2D eigenvalue weighted by atomic mass is 29.1. The molecule has 1 aliphatic heterocycles. The number of hydrogen-bond donors (Lipinski definition) is 0. The van der Waals surface area contributed by atoms with Gasteiger partial charge in [-0.2, -0.15) is 0 Å². The van der Waals surface area contributed by atoms with Gasteiger partial charge in [0, 0.05) is 9.04 Å². The Labute approximate surface area is 62.3 Å². The van der Waals surface area contributed by atoms with Crippen LogP contribution in [-0.2, 0) is 0 Å². The smallest absolute Gasteiger partial charge is 0.0791 e. The fraction of sp³-hybridized carbons (Fsp3) is 1.00. The van der Waals surface area contributed by atoms with Crippen molar-refractivity contribution in [3.63, 3.8) is 0 Å². The SMILES string of the molecule is C[SiH2][SiH2]N1CCCCC1. The summed E-state index contributed by atoms with van der Waals surface area (Å²) in [6, 6.07) is 0. The van der Waals surface area contributed by atoms with Crippen LogP contribution < -0.4 is 0 Å². The fourth-order valence-electron chi connectivity index (χ4n) is 1.50. The maximum atomic E-state index is 2.77. The van der Waals surface area contributed by atoms with Crippen LogP contribution in [0.2, 0.25) is 6.55 Å². The second-order valence-corrected chi connectivity index (χ2v) is 9.59. The summed E-state index contributed by atoms with van der Waals surface area (Å²) in [7, 11) is 0.782. The Morgan fingerprint density at radius 1 is 1.11 bits per heavy atom. The predicted molar refractivity (Wildman–Crippen MR) is 48.4 cm³/mol. The van der Waals surface area contributed by atoms with Crippen molar-refractivity contribution >= 4 is 18.2 Å². The second kappa shape index (κ2) is 4.25. The first-order valence-electron chi connectivity index (χ1n) is 4.16. The molecule has 0 aromatic carbocycles. The molecular weight excluding hydrogens is 142 g/mol. The maximum Gasteiger partial charge on any atom is 0.0791 e. The van der Waals surface area contributed by atoms with E-state index in [9.17, 15) is 0 Å². The molecule has 1 saturated heterocycles. The molecule has 0 amide bonds. The number of hydrogen-bond acceptors (Lipinski definition) is 1. The van der Waals surface area contributed by atoms with Crippen molar-refractivity contribution in [3.8, 4) is 0 Å². The van der Waals surface area contributed by atoms with E-state index in [4.69, 9.17) is 0 Å². The van der Waals surface area contributed by atoms with E-state index >= 15 is 0 Å². The first kappa shape index (κ1) is 7.50. The van der Waals surface area contributed by atoms with Gasteiger partial charge in [0.05, 0.1) is 9.20 Å². The van der Waals surface area contributed by atoms with Crippen LogP contribution in [0, 0.1) is 0 Å². The Morgan fingerprint density at radius 3 is 2.33 bits per heavy atom. The zero-order valence-corrected chi connectivity index (χ0v) is 9.23. The molecule has 0 N–H and O–H groups in total. The van der Waals surface area contributed by atoms with E-state index in [-0.39, 0.29) is 0 Å². The normalized spacial score (nSPS) is 25.0. The summed E-state index contributed by atoms with van der Waals surface area (Å²) in [4.78, 5) is 0. The lowest BCUT2D eigenvalue weighted by Crippen LogP contribution is -2.35. The third kappa shape index (κ3) is 2.64. The molecule has 0 atom stereocenters. The Kier molecular flexibility index (Phi) is 3.54. The summed E-state index contributed by atoms with van der Waals surface area (Å²) in [5, 5.41) is 0. The summed E-state index contributed by atoms with van der Waals surface area (Å²) in [6.45, 7) is 5.36. The average molecular weight is 159 g/mol. The monoisotopic (exact) mass is 159 g/mol. The van der Waals surface area contributed by atoms with E-state index in [0.29, 0.717) is 18.2 Å². The zero-order valence-electron chi connectivity index (χ0n) is 6.40. The molecule has 1 rings (SSSR count). The van der Waals surface area contributed by atoms with Gasteiger partial charge >= 0.3 is 0 Å². The van der Waals surface area contributed by atoms with Gasteiger partial charge in [0.25, 0.3) is 0 Å². The lowest BCUT2D eigenvalue weighted by molar-refractivity contribution is 0.365. The van der Waals surface area contributed by atoms with Gasteiger partial charge < -0.3 is 4.57 Å². The molecule has 0 saturated carbocycles. The summed E-state index contributed by atoms with van der Waals surface area (Å²) in [5.41, 5.74) is 0. The van der Waals surface area contributed by atoms with Gasteiger partial charge in [0.2, 0.25) is 0 Å². The van der Waals surface area contributed by atoms with Crippen molar-refractivity contribution in [3.05, 3.63) is 0 Å². The predicted octanol–water partition coefficient (Wildman–Crippen LogP) is -0.312.